The molecule has 0 aromatic heterocycles. The number of carbonyl (C=O) groups excluding carboxylic acids is 2. The van der Waals surface area contributed by atoms with Crippen LogP contribution in [-0.4, -0.2) is 71.6 Å². The zero-order chi connectivity index (χ0) is 15.4. The third-order valence-corrected chi connectivity index (χ3v) is 3.87. The molecular formula is C13H22N4O4. The molecule has 2 fully saturated rings. The molecular weight excluding hydrogens is 276 g/mol. The highest BCUT2D eigenvalue weighted by molar-refractivity contribution is 5.87. The first kappa shape index (κ1) is 15.6. The van der Waals surface area contributed by atoms with Crippen LogP contribution in [0.4, 0.5) is 4.79 Å². The van der Waals surface area contributed by atoms with Gasteiger partial charge in [-0.2, -0.15) is 0 Å². The molecule has 2 aliphatic rings. The van der Waals surface area contributed by atoms with Crippen molar-refractivity contribution in [2.75, 3.05) is 32.7 Å². The molecule has 0 aromatic carbocycles. The second-order valence-electron chi connectivity index (χ2n) is 5.74. The number of hydrogen-bond acceptors (Lipinski definition) is 4. The van der Waals surface area contributed by atoms with Crippen LogP contribution in [0.5, 0.6) is 0 Å². The predicted octanol–water partition coefficient (Wildman–Crippen LogP) is -0.948. The Morgan fingerprint density at radius 3 is 2.29 bits per heavy atom. The number of urea groups is 1. The summed E-state index contributed by atoms with van der Waals surface area (Å²) in [4.78, 5) is 37.7. The van der Waals surface area contributed by atoms with Crippen molar-refractivity contribution in [3.05, 3.63) is 0 Å². The Labute approximate surface area is 123 Å². The van der Waals surface area contributed by atoms with Gasteiger partial charge in [-0.15, -0.1) is 0 Å². The van der Waals surface area contributed by atoms with Crippen LogP contribution in [0.25, 0.3) is 0 Å². The molecule has 0 radical (unpaired) electrons. The fourth-order valence-electron chi connectivity index (χ4n) is 2.44. The van der Waals surface area contributed by atoms with E-state index in [4.69, 9.17) is 10.8 Å². The molecule has 0 bridgehead atoms. The zero-order valence-electron chi connectivity index (χ0n) is 12.0. The lowest BCUT2D eigenvalue weighted by atomic mass is 10.2. The maximum atomic E-state index is 12.0. The van der Waals surface area contributed by atoms with Gasteiger partial charge in [-0.3, -0.25) is 9.69 Å². The number of aliphatic carboxylic acids is 1. The normalized spacial score (nSPS) is 20.9. The van der Waals surface area contributed by atoms with Gasteiger partial charge in [-0.05, 0) is 18.8 Å². The Morgan fingerprint density at radius 2 is 1.81 bits per heavy atom. The molecule has 1 unspecified atom stereocenters. The van der Waals surface area contributed by atoms with Gasteiger partial charge in [0.15, 0.2) is 0 Å². The Bertz CT molecular complexity index is 416. The molecule has 3 amide bonds. The van der Waals surface area contributed by atoms with Crippen molar-refractivity contribution in [2.45, 2.75) is 25.3 Å². The number of amides is 3. The van der Waals surface area contributed by atoms with Crippen LogP contribution in [0.2, 0.25) is 0 Å². The van der Waals surface area contributed by atoms with Gasteiger partial charge >= 0.3 is 12.0 Å². The molecule has 1 atom stereocenters. The molecule has 21 heavy (non-hydrogen) atoms. The molecule has 1 saturated carbocycles. The Balaban J connectivity index is 1.77. The van der Waals surface area contributed by atoms with E-state index in [1.165, 1.54) is 12.8 Å². The van der Waals surface area contributed by atoms with Gasteiger partial charge in [0.2, 0.25) is 5.91 Å². The van der Waals surface area contributed by atoms with E-state index < -0.39 is 30.4 Å². The minimum atomic E-state index is -1.26. The number of rotatable bonds is 6. The number of nitrogens with zero attached hydrogens (tertiary/aromatic N) is 2. The van der Waals surface area contributed by atoms with Crippen LogP contribution in [-0.2, 0) is 9.59 Å². The first-order valence-corrected chi connectivity index (χ1v) is 7.24. The summed E-state index contributed by atoms with van der Waals surface area (Å²) in [5, 5.41) is 11.3. The molecule has 118 valence electrons. The van der Waals surface area contributed by atoms with Crippen molar-refractivity contribution < 1.29 is 19.5 Å². The van der Waals surface area contributed by atoms with Crippen molar-refractivity contribution >= 4 is 17.9 Å². The highest BCUT2D eigenvalue weighted by Crippen LogP contribution is 2.29. The number of nitrogens with two attached hydrogens (primary N) is 1. The van der Waals surface area contributed by atoms with E-state index >= 15 is 0 Å². The molecule has 8 nitrogen and oxygen atoms in total. The Kier molecular flexibility index (Phi) is 5.00. The van der Waals surface area contributed by atoms with E-state index in [0.717, 1.165) is 25.6 Å². The van der Waals surface area contributed by atoms with Crippen LogP contribution in [0, 0.1) is 5.92 Å². The van der Waals surface area contributed by atoms with Crippen molar-refractivity contribution in [1.82, 2.24) is 15.1 Å². The number of carbonyl (C=O) groups is 3. The first-order valence-electron chi connectivity index (χ1n) is 7.24. The van der Waals surface area contributed by atoms with Gasteiger partial charge in [0.25, 0.3) is 0 Å². The lowest BCUT2D eigenvalue weighted by molar-refractivity contribution is -0.141. The number of carboxylic acids is 1. The van der Waals surface area contributed by atoms with E-state index in [2.05, 4.69) is 10.2 Å². The largest absolute Gasteiger partial charge is 0.480 e. The number of piperazine rings is 1. The lowest BCUT2D eigenvalue weighted by Crippen LogP contribution is -2.55. The molecule has 0 spiro atoms. The summed E-state index contributed by atoms with van der Waals surface area (Å²) < 4.78 is 0. The monoisotopic (exact) mass is 298 g/mol. The number of hydrogen-bond donors (Lipinski definition) is 3. The third kappa shape index (κ3) is 4.89. The van der Waals surface area contributed by atoms with Gasteiger partial charge in [0.05, 0.1) is 6.42 Å². The fourth-order valence-corrected chi connectivity index (χ4v) is 2.44. The molecule has 0 aromatic rings. The average Bonchev–Trinajstić information content (AvgIpc) is 3.22. The fraction of sp³-hybridized carbons (Fsp3) is 0.769. The topological polar surface area (TPSA) is 116 Å². The van der Waals surface area contributed by atoms with Gasteiger partial charge < -0.3 is 21.1 Å². The summed E-state index contributed by atoms with van der Waals surface area (Å²) in [6.07, 6.45) is 2.20. The summed E-state index contributed by atoms with van der Waals surface area (Å²) in [5.41, 5.74) is 4.98. The van der Waals surface area contributed by atoms with Crippen LogP contribution in [0.15, 0.2) is 0 Å². The van der Waals surface area contributed by atoms with E-state index in [0.29, 0.717) is 13.1 Å². The van der Waals surface area contributed by atoms with Crippen molar-refractivity contribution in [3.8, 4) is 0 Å². The van der Waals surface area contributed by atoms with E-state index in [1.54, 1.807) is 4.90 Å². The van der Waals surface area contributed by atoms with Gasteiger partial charge in [-0.25, -0.2) is 9.59 Å². The minimum absolute atomic E-state index is 0.400. The average molecular weight is 298 g/mol. The maximum absolute atomic E-state index is 12.0. The standard InChI is InChI=1S/C13H22N4O4/c14-11(18)7-10(12(19)20)15-13(21)17-5-3-16(4-6-17)8-9-1-2-9/h9-10H,1-8H2,(H2,14,18)(H,15,21)(H,19,20). The number of nitrogens with one attached hydrogen (secondary N) is 1. The van der Waals surface area contributed by atoms with Crippen molar-refractivity contribution in [2.24, 2.45) is 11.7 Å². The van der Waals surface area contributed by atoms with Crippen LogP contribution in [0.1, 0.15) is 19.3 Å². The minimum Gasteiger partial charge on any atom is -0.480 e. The molecule has 4 N–H and O–H groups in total. The van der Waals surface area contributed by atoms with Crippen LogP contribution >= 0.6 is 0 Å². The Morgan fingerprint density at radius 1 is 1.19 bits per heavy atom. The number of carboxylic acid groups (broad SMARTS) is 1. The zero-order valence-corrected chi connectivity index (χ0v) is 12.0. The maximum Gasteiger partial charge on any atom is 0.326 e. The van der Waals surface area contributed by atoms with Crippen LogP contribution < -0.4 is 11.1 Å². The van der Waals surface area contributed by atoms with E-state index in [-0.39, 0.29) is 0 Å². The molecule has 1 aliphatic heterocycles. The van der Waals surface area contributed by atoms with E-state index in [9.17, 15) is 14.4 Å². The predicted molar refractivity (Wildman–Crippen MR) is 74.5 cm³/mol. The molecule has 1 saturated heterocycles. The molecule has 8 heteroatoms. The highest BCUT2D eigenvalue weighted by atomic mass is 16.4. The van der Waals surface area contributed by atoms with Crippen molar-refractivity contribution in [1.29, 1.82) is 0 Å². The highest BCUT2D eigenvalue weighted by Gasteiger charge is 2.29. The summed E-state index contributed by atoms with van der Waals surface area (Å²) in [6, 6.07) is -1.71. The quantitative estimate of drug-likeness (QED) is 0.585. The van der Waals surface area contributed by atoms with E-state index in [1.807, 2.05) is 0 Å². The van der Waals surface area contributed by atoms with Gasteiger partial charge in [-0.1, -0.05) is 0 Å². The second kappa shape index (κ2) is 6.75. The van der Waals surface area contributed by atoms with Gasteiger partial charge in [0.1, 0.15) is 6.04 Å². The lowest BCUT2D eigenvalue weighted by Gasteiger charge is -2.35. The SMILES string of the molecule is NC(=O)CC(NC(=O)N1CCN(CC2CC2)CC1)C(=O)O. The van der Waals surface area contributed by atoms with Gasteiger partial charge in [0, 0.05) is 32.7 Å². The van der Waals surface area contributed by atoms with Crippen LogP contribution in [0.3, 0.4) is 0 Å². The first-order chi connectivity index (χ1) is 9.95. The Hall–Kier alpha value is -1.83. The number of primary amides is 1. The molecule has 2 rings (SSSR count). The second-order valence-corrected chi connectivity index (χ2v) is 5.74. The molecule has 1 heterocycles. The summed E-state index contributed by atoms with van der Waals surface area (Å²) >= 11 is 0. The third-order valence-electron chi connectivity index (χ3n) is 3.87. The summed E-state index contributed by atoms with van der Waals surface area (Å²) in [7, 11) is 0. The summed E-state index contributed by atoms with van der Waals surface area (Å²) in [5.74, 6) is -1.19. The smallest absolute Gasteiger partial charge is 0.326 e. The summed E-state index contributed by atoms with van der Waals surface area (Å²) in [6.45, 7) is 3.84. The molecule has 1 aliphatic carbocycles. The van der Waals surface area contributed by atoms with Crippen molar-refractivity contribution in [3.63, 3.8) is 0 Å².